The third-order valence-electron chi connectivity index (χ3n) is 4.51. The van der Waals surface area contributed by atoms with Crippen molar-refractivity contribution in [1.29, 1.82) is 0 Å². The molecule has 8 heteroatoms. The number of imidazole rings is 1. The molecule has 0 amide bonds. The van der Waals surface area contributed by atoms with Crippen LogP contribution in [0.15, 0.2) is 43.1 Å². The number of carbonyl (C=O) groups is 1. The largest absolute Gasteiger partial charge is 0.466 e. The second kappa shape index (κ2) is 7.45. The van der Waals surface area contributed by atoms with Gasteiger partial charge in [0.05, 0.1) is 12.9 Å². The number of nitrogens with zero attached hydrogens (tertiary/aromatic N) is 4. The average Bonchev–Trinajstić information content (AvgIpc) is 3.29. The van der Waals surface area contributed by atoms with Crippen LogP contribution in [0.3, 0.4) is 0 Å². The molecule has 1 aromatic carbocycles. The molecule has 0 aliphatic carbocycles. The average molecular weight is 364 g/mol. The van der Waals surface area contributed by atoms with Gasteiger partial charge in [-0.1, -0.05) is 18.2 Å². The Labute approximate surface area is 155 Å². The highest BCUT2D eigenvalue weighted by Crippen LogP contribution is 2.19. The van der Waals surface area contributed by atoms with Crippen molar-refractivity contribution in [3.63, 3.8) is 0 Å². The predicted molar refractivity (Wildman–Crippen MR) is 102 cm³/mol. The van der Waals surface area contributed by atoms with Gasteiger partial charge in [-0.2, -0.15) is 0 Å². The summed E-state index contributed by atoms with van der Waals surface area (Å²) in [4.78, 5) is 27.6. The third-order valence-corrected chi connectivity index (χ3v) is 4.51. The van der Waals surface area contributed by atoms with Gasteiger partial charge in [-0.05, 0) is 24.5 Å². The Kier molecular flexibility index (Phi) is 4.69. The first-order valence-electron chi connectivity index (χ1n) is 8.84. The molecule has 3 heterocycles. The lowest BCUT2D eigenvalue weighted by atomic mass is 10.1. The van der Waals surface area contributed by atoms with Crippen LogP contribution in [0.4, 0.5) is 5.82 Å². The van der Waals surface area contributed by atoms with Crippen molar-refractivity contribution < 1.29 is 9.53 Å². The van der Waals surface area contributed by atoms with Crippen LogP contribution in [0.2, 0.25) is 0 Å². The van der Waals surface area contributed by atoms with Crippen molar-refractivity contribution in [2.24, 2.45) is 0 Å². The number of aryl methyl sites for hydroxylation is 2. The molecular weight excluding hydrogens is 344 g/mol. The van der Waals surface area contributed by atoms with Crippen LogP contribution in [0.1, 0.15) is 18.4 Å². The summed E-state index contributed by atoms with van der Waals surface area (Å²) < 4.78 is 7.23. The lowest BCUT2D eigenvalue weighted by Crippen LogP contribution is -2.09. The molecule has 0 spiro atoms. The number of nitrogens with two attached hydrogens (primary N) is 1. The quantitative estimate of drug-likeness (QED) is 0.385. The van der Waals surface area contributed by atoms with E-state index >= 15 is 0 Å². The van der Waals surface area contributed by atoms with E-state index in [1.807, 2.05) is 29.0 Å². The Morgan fingerprint density at radius 3 is 3.04 bits per heavy atom. The number of fused-ring (bicyclic) bond motifs is 2. The summed E-state index contributed by atoms with van der Waals surface area (Å²) in [7, 11) is 0. The number of nitrogen functional groups attached to an aromatic ring is 1. The van der Waals surface area contributed by atoms with Crippen LogP contribution in [-0.4, -0.2) is 37.1 Å². The number of benzene rings is 1. The van der Waals surface area contributed by atoms with E-state index in [4.69, 9.17) is 10.5 Å². The number of carbonyl (C=O) groups excluding carboxylic acids is 1. The van der Waals surface area contributed by atoms with Gasteiger partial charge in [0.15, 0.2) is 11.5 Å². The molecule has 0 unspecified atom stereocenters. The molecule has 138 valence electrons. The molecular formula is C19H20N6O2. The van der Waals surface area contributed by atoms with Crippen LogP contribution in [-0.2, 0) is 22.5 Å². The molecule has 4 rings (SSSR count). The first-order valence-corrected chi connectivity index (χ1v) is 8.84. The van der Waals surface area contributed by atoms with E-state index in [9.17, 15) is 4.79 Å². The van der Waals surface area contributed by atoms with E-state index in [-0.39, 0.29) is 5.97 Å². The first-order chi connectivity index (χ1) is 13.2. The van der Waals surface area contributed by atoms with E-state index < -0.39 is 0 Å². The molecule has 0 fully saturated rings. The molecule has 8 nitrogen and oxygen atoms in total. The van der Waals surface area contributed by atoms with Crippen molar-refractivity contribution in [2.45, 2.75) is 25.8 Å². The van der Waals surface area contributed by atoms with Crippen LogP contribution in [0, 0.1) is 0 Å². The first kappa shape index (κ1) is 17.0. The number of rotatable bonds is 7. The molecule has 3 aromatic heterocycles. The second-order valence-corrected chi connectivity index (χ2v) is 6.30. The number of hydrogen-bond acceptors (Lipinski definition) is 6. The molecule has 0 saturated carbocycles. The maximum atomic E-state index is 12.0. The van der Waals surface area contributed by atoms with Gasteiger partial charge < -0.3 is 20.0 Å². The van der Waals surface area contributed by atoms with Gasteiger partial charge in [-0.3, -0.25) is 4.79 Å². The van der Waals surface area contributed by atoms with E-state index in [1.54, 1.807) is 6.33 Å². The highest BCUT2D eigenvalue weighted by Gasteiger charge is 2.09. The predicted octanol–water partition coefficient (Wildman–Crippen LogP) is 2.46. The summed E-state index contributed by atoms with van der Waals surface area (Å²) in [5.74, 6) is 0.171. The number of para-hydroxylation sites is 1. The van der Waals surface area contributed by atoms with E-state index in [0.717, 1.165) is 16.5 Å². The SMILES string of the molecule is Nc1ncnc2c1ncn2CCCOC(=O)CCc1c[nH]c2ccccc12. The van der Waals surface area contributed by atoms with Crippen molar-refractivity contribution in [3.8, 4) is 0 Å². The van der Waals surface area contributed by atoms with Gasteiger partial charge in [0.1, 0.15) is 11.8 Å². The van der Waals surface area contributed by atoms with Gasteiger partial charge in [0, 0.05) is 30.1 Å². The normalized spacial score (nSPS) is 11.3. The van der Waals surface area contributed by atoms with Gasteiger partial charge in [-0.15, -0.1) is 0 Å². The number of aromatic amines is 1. The molecule has 0 bridgehead atoms. The van der Waals surface area contributed by atoms with Gasteiger partial charge in [0.2, 0.25) is 0 Å². The summed E-state index contributed by atoms with van der Waals surface area (Å²) in [6.07, 6.45) is 6.74. The molecule has 3 N–H and O–H groups in total. The summed E-state index contributed by atoms with van der Waals surface area (Å²) >= 11 is 0. The van der Waals surface area contributed by atoms with Crippen LogP contribution in [0.25, 0.3) is 22.1 Å². The summed E-state index contributed by atoms with van der Waals surface area (Å²) in [6, 6.07) is 8.06. The molecule has 0 aliphatic heterocycles. The highest BCUT2D eigenvalue weighted by molar-refractivity contribution is 5.83. The fraction of sp³-hybridized carbons (Fsp3) is 0.263. The minimum Gasteiger partial charge on any atom is -0.466 e. The van der Waals surface area contributed by atoms with E-state index in [2.05, 4.69) is 26.0 Å². The Morgan fingerprint density at radius 1 is 1.22 bits per heavy atom. The Bertz CT molecular complexity index is 1080. The zero-order valence-electron chi connectivity index (χ0n) is 14.8. The zero-order chi connectivity index (χ0) is 18.6. The van der Waals surface area contributed by atoms with Crippen LogP contribution in [0.5, 0.6) is 0 Å². The number of H-pyrrole nitrogens is 1. The van der Waals surface area contributed by atoms with Crippen molar-refractivity contribution in [2.75, 3.05) is 12.3 Å². The summed E-state index contributed by atoms with van der Waals surface area (Å²) in [6.45, 7) is 0.996. The van der Waals surface area contributed by atoms with Gasteiger partial charge >= 0.3 is 5.97 Å². The lowest BCUT2D eigenvalue weighted by molar-refractivity contribution is -0.143. The summed E-state index contributed by atoms with van der Waals surface area (Å²) in [5.41, 5.74) is 9.26. The molecule has 4 aromatic rings. The van der Waals surface area contributed by atoms with Crippen molar-refractivity contribution in [1.82, 2.24) is 24.5 Å². The lowest BCUT2D eigenvalue weighted by Gasteiger charge is -2.06. The topological polar surface area (TPSA) is 112 Å². The maximum absolute atomic E-state index is 12.0. The van der Waals surface area contributed by atoms with Gasteiger partial charge in [-0.25, -0.2) is 15.0 Å². The monoisotopic (exact) mass is 364 g/mol. The molecule has 0 radical (unpaired) electrons. The smallest absolute Gasteiger partial charge is 0.306 e. The molecule has 0 atom stereocenters. The summed E-state index contributed by atoms with van der Waals surface area (Å²) in [5, 5.41) is 1.15. The number of hydrogen-bond donors (Lipinski definition) is 2. The zero-order valence-corrected chi connectivity index (χ0v) is 14.8. The maximum Gasteiger partial charge on any atom is 0.306 e. The number of ether oxygens (including phenoxy) is 1. The number of anilines is 1. The van der Waals surface area contributed by atoms with Gasteiger partial charge in [0.25, 0.3) is 0 Å². The molecule has 0 aliphatic rings. The number of aromatic nitrogens is 5. The Balaban J connectivity index is 1.24. The van der Waals surface area contributed by atoms with Crippen LogP contribution >= 0.6 is 0 Å². The highest BCUT2D eigenvalue weighted by atomic mass is 16.5. The van der Waals surface area contributed by atoms with Crippen molar-refractivity contribution in [3.05, 3.63) is 48.7 Å². The standard InChI is InChI=1S/C19H20N6O2/c20-18-17-19(23-11-22-18)25(12-24-17)8-3-9-27-16(26)7-6-13-10-21-15-5-2-1-4-14(13)15/h1-2,4-5,10-12,21H,3,6-9H2,(H2,20,22,23). The minimum atomic E-state index is -0.192. The number of esters is 1. The van der Waals surface area contributed by atoms with Crippen LogP contribution < -0.4 is 5.73 Å². The Morgan fingerprint density at radius 2 is 2.11 bits per heavy atom. The Hall–Kier alpha value is -3.42. The van der Waals surface area contributed by atoms with E-state index in [0.29, 0.717) is 49.4 Å². The van der Waals surface area contributed by atoms with E-state index in [1.165, 1.54) is 6.33 Å². The third kappa shape index (κ3) is 3.59. The molecule has 27 heavy (non-hydrogen) atoms. The van der Waals surface area contributed by atoms with Crippen molar-refractivity contribution >= 4 is 33.9 Å². The minimum absolute atomic E-state index is 0.192. The second-order valence-electron chi connectivity index (χ2n) is 6.30. The fourth-order valence-corrected chi connectivity index (χ4v) is 3.13. The molecule has 0 saturated heterocycles. The number of nitrogens with one attached hydrogen (secondary N) is 1. The fourth-order valence-electron chi connectivity index (χ4n) is 3.13.